The van der Waals surface area contributed by atoms with E-state index in [0.717, 1.165) is 25.7 Å². The molecule has 0 amide bonds. The fraction of sp³-hybridized carbons (Fsp3) is 0.609. The highest BCUT2D eigenvalue weighted by molar-refractivity contribution is 5.99. The summed E-state index contributed by atoms with van der Waals surface area (Å²) in [4.78, 5) is 36.0. The normalized spacial score (nSPS) is 19.9. The van der Waals surface area contributed by atoms with Gasteiger partial charge in [-0.3, -0.25) is 9.59 Å². The van der Waals surface area contributed by atoms with Gasteiger partial charge in [-0.15, -0.1) is 0 Å². The minimum atomic E-state index is -0.577. The first kappa shape index (κ1) is 22.1. The van der Waals surface area contributed by atoms with E-state index in [1.165, 1.54) is 5.56 Å². The smallest absolute Gasteiger partial charge is 0.338 e. The Hall–Kier alpha value is -2.17. The number of rotatable bonds is 7. The van der Waals surface area contributed by atoms with E-state index < -0.39 is 11.5 Å². The Morgan fingerprint density at radius 3 is 2.43 bits per heavy atom. The van der Waals surface area contributed by atoms with Crippen molar-refractivity contribution in [3.63, 3.8) is 0 Å². The third-order valence-corrected chi connectivity index (χ3v) is 4.99. The number of hydrogen-bond acceptors (Lipinski definition) is 5. The molecule has 2 atom stereocenters. The number of benzene rings is 1. The van der Waals surface area contributed by atoms with Gasteiger partial charge in [-0.1, -0.05) is 18.6 Å². The number of esters is 2. The molecule has 1 aromatic rings. The predicted molar refractivity (Wildman–Crippen MR) is 107 cm³/mol. The molecule has 1 aliphatic carbocycles. The molecule has 0 heterocycles. The molecule has 0 saturated heterocycles. The molecule has 0 spiro atoms. The zero-order chi connectivity index (χ0) is 20.7. The largest absolute Gasteiger partial charge is 0.465 e. The van der Waals surface area contributed by atoms with Crippen molar-refractivity contribution in [3.05, 3.63) is 35.4 Å². The van der Waals surface area contributed by atoms with Crippen LogP contribution in [0.2, 0.25) is 0 Å². The van der Waals surface area contributed by atoms with Gasteiger partial charge in [0.05, 0.1) is 12.2 Å². The van der Waals surface area contributed by atoms with E-state index in [4.69, 9.17) is 9.47 Å². The lowest BCUT2D eigenvalue weighted by molar-refractivity contribution is -0.153. The molecular weight excluding hydrogens is 356 g/mol. The van der Waals surface area contributed by atoms with E-state index in [1.807, 2.05) is 32.9 Å². The summed E-state index contributed by atoms with van der Waals surface area (Å²) in [6.45, 7) is 7.63. The van der Waals surface area contributed by atoms with Crippen molar-refractivity contribution < 1.29 is 23.9 Å². The van der Waals surface area contributed by atoms with Crippen molar-refractivity contribution in [2.75, 3.05) is 6.61 Å². The molecule has 0 aromatic heterocycles. The minimum Gasteiger partial charge on any atom is -0.465 e. The predicted octanol–water partition coefficient (Wildman–Crippen LogP) is 4.51. The quantitative estimate of drug-likeness (QED) is 0.508. The summed E-state index contributed by atoms with van der Waals surface area (Å²) < 4.78 is 10.4. The van der Waals surface area contributed by atoms with Crippen molar-refractivity contribution in [2.24, 2.45) is 11.8 Å². The Morgan fingerprint density at radius 1 is 1.14 bits per heavy atom. The number of ketones is 1. The maximum atomic E-state index is 12.1. The maximum Gasteiger partial charge on any atom is 0.338 e. The van der Waals surface area contributed by atoms with Crippen LogP contribution in [0.3, 0.4) is 0 Å². The molecule has 0 radical (unpaired) electrons. The number of aryl methyl sites for hydroxylation is 1. The zero-order valence-electron chi connectivity index (χ0n) is 17.5. The third-order valence-electron chi connectivity index (χ3n) is 4.99. The summed E-state index contributed by atoms with van der Waals surface area (Å²) >= 11 is 0. The Bertz CT molecular complexity index is 684. The van der Waals surface area contributed by atoms with Gasteiger partial charge in [0, 0.05) is 6.42 Å². The summed E-state index contributed by atoms with van der Waals surface area (Å²) in [5.41, 5.74) is 1.22. The summed E-state index contributed by atoms with van der Waals surface area (Å²) in [5, 5.41) is 0. The molecule has 1 aromatic carbocycles. The molecule has 0 N–H and O–H groups in total. The van der Waals surface area contributed by atoms with Crippen LogP contribution >= 0.6 is 0 Å². The number of ether oxygens (including phenoxy) is 2. The monoisotopic (exact) mass is 388 g/mol. The average Bonchev–Trinajstić information content (AvgIpc) is 2.62. The SMILES string of the molecule is CCOC(=O)C1CC(CCCc2ccc(C(=O)OC(C)(C)C)cc2)CCC1=O. The minimum absolute atomic E-state index is 0.0208. The summed E-state index contributed by atoms with van der Waals surface area (Å²) in [5.74, 6) is -0.849. The molecule has 1 saturated carbocycles. The van der Waals surface area contributed by atoms with E-state index in [9.17, 15) is 14.4 Å². The summed E-state index contributed by atoms with van der Waals surface area (Å²) in [6, 6.07) is 7.54. The fourth-order valence-corrected chi connectivity index (χ4v) is 3.58. The molecule has 1 aliphatic rings. The second-order valence-electron chi connectivity index (χ2n) is 8.50. The summed E-state index contributed by atoms with van der Waals surface area (Å²) in [6.07, 6.45) is 4.81. The van der Waals surface area contributed by atoms with Gasteiger partial charge in [0.2, 0.25) is 0 Å². The van der Waals surface area contributed by atoms with Crippen LogP contribution in [0.4, 0.5) is 0 Å². The highest BCUT2D eigenvalue weighted by Crippen LogP contribution is 2.31. The van der Waals surface area contributed by atoms with Crippen molar-refractivity contribution in [2.45, 2.75) is 71.8 Å². The Labute approximate surface area is 167 Å². The summed E-state index contributed by atoms with van der Waals surface area (Å²) in [7, 11) is 0. The lowest BCUT2D eigenvalue weighted by atomic mass is 9.78. The van der Waals surface area contributed by atoms with Crippen LogP contribution in [0, 0.1) is 11.8 Å². The molecule has 1 fully saturated rings. The van der Waals surface area contributed by atoms with Crippen LogP contribution in [-0.2, 0) is 25.5 Å². The van der Waals surface area contributed by atoms with E-state index in [2.05, 4.69) is 0 Å². The van der Waals surface area contributed by atoms with Crippen molar-refractivity contribution in [1.82, 2.24) is 0 Å². The van der Waals surface area contributed by atoms with Gasteiger partial charge in [-0.05, 0) is 77.0 Å². The van der Waals surface area contributed by atoms with Crippen molar-refractivity contribution in [3.8, 4) is 0 Å². The number of hydrogen-bond donors (Lipinski definition) is 0. The first-order valence-corrected chi connectivity index (χ1v) is 10.2. The Morgan fingerprint density at radius 2 is 1.82 bits per heavy atom. The number of carbonyl (C=O) groups is 3. The molecule has 154 valence electrons. The molecular formula is C23H32O5. The lowest BCUT2D eigenvalue weighted by Gasteiger charge is -2.26. The van der Waals surface area contributed by atoms with Crippen LogP contribution in [0.1, 0.15) is 75.7 Å². The first-order chi connectivity index (χ1) is 13.2. The second-order valence-corrected chi connectivity index (χ2v) is 8.50. The van der Waals surface area contributed by atoms with Gasteiger partial charge >= 0.3 is 11.9 Å². The van der Waals surface area contributed by atoms with E-state index in [1.54, 1.807) is 19.1 Å². The van der Waals surface area contributed by atoms with Gasteiger partial charge in [-0.25, -0.2) is 4.79 Å². The Balaban J connectivity index is 1.80. The van der Waals surface area contributed by atoms with Gasteiger partial charge in [-0.2, -0.15) is 0 Å². The average molecular weight is 389 g/mol. The number of carbonyl (C=O) groups excluding carboxylic acids is 3. The van der Waals surface area contributed by atoms with Crippen LogP contribution in [0.15, 0.2) is 24.3 Å². The lowest BCUT2D eigenvalue weighted by Crippen LogP contribution is -2.32. The molecule has 5 nitrogen and oxygen atoms in total. The Kier molecular flexibility index (Phi) is 7.78. The van der Waals surface area contributed by atoms with Gasteiger partial charge in [0.15, 0.2) is 0 Å². The molecule has 2 unspecified atom stereocenters. The van der Waals surface area contributed by atoms with Crippen LogP contribution in [0.25, 0.3) is 0 Å². The van der Waals surface area contributed by atoms with E-state index >= 15 is 0 Å². The standard InChI is InChI=1S/C23H32O5/c1-5-27-22(26)19-15-17(11-14-20(19)24)8-6-7-16-9-12-18(13-10-16)21(25)28-23(2,3)4/h9-10,12-13,17,19H,5-8,11,14-15H2,1-4H3. The molecule has 28 heavy (non-hydrogen) atoms. The first-order valence-electron chi connectivity index (χ1n) is 10.2. The number of Topliss-reactive ketones (excluding diaryl/α,β-unsaturated/α-hetero) is 1. The van der Waals surface area contributed by atoms with Gasteiger partial charge < -0.3 is 9.47 Å². The maximum absolute atomic E-state index is 12.1. The van der Waals surface area contributed by atoms with E-state index in [-0.39, 0.29) is 17.7 Å². The van der Waals surface area contributed by atoms with Crippen LogP contribution < -0.4 is 0 Å². The van der Waals surface area contributed by atoms with E-state index in [0.29, 0.717) is 30.9 Å². The topological polar surface area (TPSA) is 69.7 Å². The molecule has 0 bridgehead atoms. The fourth-order valence-electron chi connectivity index (χ4n) is 3.58. The third kappa shape index (κ3) is 6.77. The zero-order valence-corrected chi connectivity index (χ0v) is 17.5. The molecule has 2 rings (SSSR count). The highest BCUT2D eigenvalue weighted by atomic mass is 16.6. The van der Waals surface area contributed by atoms with Gasteiger partial charge in [0.25, 0.3) is 0 Å². The van der Waals surface area contributed by atoms with Crippen molar-refractivity contribution in [1.29, 1.82) is 0 Å². The van der Waals surface area contributed by atoms with Crippen LogP contribution in [-0.4, -0.2) is 29.9 Å². The molecule has 0 aliphatic heterocycles. The highest BCUT2D eigenvalue weighted by Gasteiger charge is 2.34. The van der Waals surface area contributed by atoms with Crippen molar-refractivity contribution >= 4 is 17.7 Å². The molecule has 5 heteroatoms. The van der Waals surface area contributed by atoms with Crippen LogP contribution in [0.5, 0.6) is 0 Å². The second kappa shape index (κ2) is 9.85. The van der Waals surface area contributed by atoms with Gasteiger partial charge in [0.1, 0.15) is 17.3 Å².